The normalized spacial score (nSPS) is 18.0. The highest BCUT2D eigenvalue weighted by atomic mass is 16.5. The van der Waals surface area contributed by atoms with Crippen LogP contribution in [-0.4, -0.2) is 28.9 Å². The summed E-state index contributed by atoms with van der Waals surface area (Å²) in [5.41, 5.74) is 2.01. The first kappa shape index (κ1) is 19.3. The number of Topliss-reactive ketones (excluding diaryl/α,β-unsaturated/α-hetero) is 2. The zero-order valence-electron chi connectivity index (χ0n) is 15.4. The Hall–Kier alpha value is -2.04. The Balaban J connectivity index is 1.93. The van der Waals surface area contributed by atoms with Crippen molar-refractivity contribution in [1.82, 2.24) is 0 Å². The number of ether oxygens (including phenoxy) is 1. The van der Waals surface area contributed by atoms with Crippen molar-refractivity contribution in [3.63, 3.8) is 0 Å². The van der Waals surface area contributed by atoms with Gasteiger partial charge < -0.3 is 9.84 Å². The smallest absolute Gasteiger partial charge is 0.185 e. The van der Waals surface area contributed by atoms with Gasteiger partial charge in [-0.25, -0.2) is 0 Å². The summed E-state index contributed by atoms with van der Waals surface area (Å²) >= 11 is 0. The molecule has 0 heterocycles. The Morgan fingerprint density at radius 1 is 0.960 bits per heavy atom. The lowest BCUT2D eigenvalue weighted by atomic mass is 9.82. The minimum Gasteiger partial charge on any atom is -0.388 e. The molecule has 0 saturated heterocycles. The number of hydrogen-bond donors (Lipinski definition) is 1. The molecule has 0 spiro atoms. The van der Waals surface area contributed by atoms with Gasteiger partial charge in [-0.05, 0) is 46.1 Å². The van der Waals surface area contributed by atoms with Crippen LogP contribution in [0.5, 0.6) is 0 Å². The van der Waals surface area contributed by atoms with Gasteiger partial charge in [0.15, 0.2) is 11.6 Å². The molecule has 4 heteroatoms. The van der Waals surface area contributed by atoms with Crippen molar-refractivity contribution in [3.05, 3.63) is 58.2 Å². The predicted molar refractivity (Wildman–Crippen MR) is 97.0 cm³/mol. The Bertz CT molecular complexity index is 724. The van der Waals surface area contributed by atoms with Gasteiger partial charge >= 0.3 is 0 Å². The quantitative estimate of drug-likeness (QED) is 0.770. The second-order valence-electron chi connectivity index (χ2n) is 6.99. The van der Waals surface area contributed by atoms with Crippen molar-refractivity contribution in [2.45, 2.75) is 52.7 Å². The van der Waals surface area contributed by atoms with Crippen molar-refractivity contribution in [2.75, 3.05) is 6.61 Å². The fourth-order valence-electron chi connectivity index (χ4n) is 2.89. The number of benzene rings is 1. The Morgan fingerprint density at radius 3 is 2.20 bits per heavy atom. The first-order chi connectivity index (χ1) is 11.7. The maximum absolute atomic E-state index is 12.4. The highest BCUT2D eigenvalue weighted by Gasteiger charge is 2.30. The van der Waals surface area contributed by atoms with E-state index in [0.717, 1.165) is 5.56 Å². The third-order valence-electron chi connectivity index (χ3n) is 4.75. The minimum absolute atomic E-state index is 0.0768. The number of ketones is 2. The van der Waals surface area contributed by atoms with Crippen LogP contribution < -0.4 is 0 Å². The lowest BCUT2D eigenvalue weighted by Crippen LogP contribution is -2.31. The molecule has 4 nitrogen and oxygen atoms in total. The summed E-state index contributed by atoms with van der Waals surface area (Å²) in [6, 6.07) is 9.75. The van der Waals surface area contributed by atoms with Crippen LogP contribution >= 0.6 is 0 Å². The van der Waals surface area contributed by atoms with Gasteiger partial charge in [-0.3, -0.25) is 9.59 Å². The molecule has 0 unspecified atom stereocenters. The first-order valence-corrected chi connectivity index (χ1v) is 8.53. The van der Waals surface area contributed by atoms with Crippen molar-refractivity contribution in [1.29, 1.82) is 0 Å². The van der Waals surface area contributed by atoms with E-state index in [2.05, 4.69) is 0 Å². The molecule has 1 N–H and O–H groups in total. The fourth-order valence-corrected chi connectivity index (χ4v) is 2.89. The van der Waals surface area contributed by atoms with Crippen molar-refractivity contribution in [2.24, 2.45) is 0 Å². The average molecular weight is 342 g/mol. The number of allylic oxidation sites excluding steroid dienone is 4. The van der Waals surface area contributed by atoms with E-state index in [4.69, 9.17) is 4.74 Å². The minimum atomic E-state index is -1.06. The van der Waals surface area contributed by atoms with Crippen LogP contribution in [0.3, 0.4) is 0 Å². The number of aliphatic hydroxyl groups is 1. The molecule has 2 rings (SSSR count). The monoisotopic (exact) mass is 342 g/mol. The zero-order valence-corrected chi connectivity index (χ0v) is 15.4. The van der Waals surface area contributed by atoms with E-state index in [1.807, 2.05) is 30.3 Å². The summed E-state index contributed by atoms with van der Waals surface area (Å²) < 4.78 is 5.61. The summed E-state index contributed by atoms with van der Waals surface area (Å²) in [5.74, 6) is -0.164. The molecule has 25 heavy (non-hydrogen) atoms. The molecular weight excluding hydrogens is 316 g/mol. The standard InChI is InChI=1S/C21H26O4/c1-14-15(2)20(23)18(16(3)19(14)22)10-11-21(4,24)13-25-12-17-8-6-5-7-9-17/h5-9,24H,10-13H2,1-4H3/t21-/m0/s1. The molecule has 0 radical (unpaired) electrons. The van der Waals surface area contributed by atoms with Crippen LogP contribution in [0, 0.1) is 0 Å². The lowest BCUT2D eigenvalue weighted by Gasteiger charge is -2.25. The SMILES string of the molecule is CC1=C(C)C(=O)C(CC[C@](C)(O)COCc2ccccc2)=C(C)C1=O. The maximum atomic E-state index is 12.4. The van der Waals surface area contributed by atoms with E-state index >= 15 is 0 Å². The molecule has 134 valence electrons. The highest BCUT2D eigenvalue weighted by Crippen LogP contribution is 2.29. The summed E-state index contributed by atoms with van der Waals surface area (Å²) in [6.45, 7) is 7.34. The second-order valence-corrected chi connectivity index (χ2v) is 6.99. The van der Waals surface area contributed by atoms with E-state index in [1.165, 1.54) is 0 Å². The van der Waals surface area contributed by atoms with E-state index in [1.54, 1.807) is 27.7 Å². The van der Waals surface area contributed by atoms with E-state index in [-0.39, 0.29) is 18.2 Å². The molecule has 0 saturated carbocycles. The van der Waals surface area contributed by atoms with Gasteiger partial charge in [0.05, 0.1) is 18.8 Å². The molecule has 0 bridgehead atoms. The summed E-state index contributed by atoms with van der Waals surface area (Å²) in [7, 11) is 0. The third-order valence-corrected chi connectivity index (χ3v) is 4.75. The van der Waals surface area contributed by atoms with Crippen LogP contribution in [0.4, 0.5) is 0 Å². The lowest BCUT2D eigenvalue weighted by molar-refractivity contribution is -0.116. The van der Waals surface area contributed by atoms with Crippen molar-refractivity contribution in [3.8, 4) is 0 Å². The summed E-state index contributed by atoms with van der Waals surface area (Å²) in [5, 5.41) is 10.5. The number of hydrogen-bond acceptors (Lipinski definition) is 4. The molecule has 1 aromatic carbocycles. The van der Waals surface area contributed by atoms with Crippen LogP contribution in [0.2, 0.25) is 0 Å². The zero-order chi connectivity index (χ0) is 18.6. The number of carbonyl (C=O) groups excluding carboxylic acids is 2. The summed E-state index contributed by atoms with van der Waals surface area (Å²) in [4.78, 5) is 24.6. The van der Waals surface area contributed by atoms with Crippen LogP contribution in [-0.2, 0) is 20.9 Å². The maximum Gasteiger partial charge on any atom is 0.185 e. The molecule has 1 aliphatic rings. The number of carbonyl (C=O) groups is 2. The van der Waals surface area contributed by atoms with Gasteiger partial charge in [-0.1, -0.05) is 30.3 Å². The third kappa shape index (κ3) is 4.74. The van der Waals surface area contributed by atoms with Crippen LogP contribution in [0.25, 0.3) is 0 Å². The van der Waals surface area contributed by atoms with Gasteiger partial charge in [0.1, 0.15) is 0 Å². The molecule has 0 aliphatic heterocycles. The molecule has 0 amide bonds. The van der Waals surface area contributed by atoms with Crippen molar-refractivity contribution < 1.29 is 19.4 Å². The second kappa shape index (κ2) is 7.89. The van der Waals surface area contributed by atoms with Crippen LogP contribution in [0.15, 0.2) is 52.6 Å². The fraction of sp³-hybridized carbons (Fsp3) is 0.429. The first-order valence-electron chi connectivity index (χ1n) is 8.53. The molecule has 1 atom stereocenters. The molecular formula is C21H26O4. The molecule has 1 aromatic rings. The Labute approximate surface area is 149 Å². The van der Waals surface area contributed by atoms with Gasteiger partial charge in [-0.2, -0.15) is 0 Å². The molecule has 0 fully saturated rings. The topological polar surface area (TPSA) is 63.6 Å². The number of rotatable bonds is 7. The molecule has 1 aliphatic carbocycles. The highest BCUT2D eigenvalue weighted by molar-refractivity contribution is 6.24. The van der Waals surface area contributed by atoms with Gasteiger partial charge in [0, 0.05) is 22.3 Å². The summed E-state index contributed by atoms with van der Waals surface area (Å²) in [6.07, 6.45) is 0.725. The molecule has 0 aromatic heterocycles. The van der Waals surface area contributed by atoms with Crippen molar-refractivity contribution >= 4 is 11.6 Å². The van der Waals surface area contributed by atoms with E-state index < -0.39 is 5.60 Å². The Morgan fingerprint density at radius 2 is 1.56 bits per heavy atom. The largest absolute Gasteiger partial charge is 0.388 e. The van der Waals surface area contributed by atoms with E-state index in [0.29, 0.717) is 41.7 Å². The average Bonchev–Trinajstić information content (AvgIpc) is 2.59. The van der Waals surface area contributed by atoms with Gasteiger partial charge in [0.25, 0.3) is 0 Å². The van der Waals surface area contributed by atoms with Gasteiger partial charge in [0.2, 0.25) is 0 Å². The van der Waals surface area contributed by atoms with Gasteiger partial charge in [-0.15, -0.1) is 0 Å². The van der Waals surface area contributed by atoms with E-state index in [9.17, 15) is 14.7 Å². The Kier molecular flexibility index (Phi) is 6.09. The predicted octanol–water partition coefficient (Wildman–Crippen LogP) is 3.54. The van der Waals surface area contributed by atoms with Crippen LogP contribution in [0.1, 0.15) is 46.1 Å².